The van der Waals surface area contributed by atoms with Gasteiger partial charge < -0.3 is 10.0 Å². The molecule has 0 aromatic heterocycles. The molecule has 21 heavy (non-hydrogen) atoms. The van der Waals surface area contributed by atoms with Gasteiger partial charge in [-0.2, -0.15) is 0 Å². The van der Waals surface area contributed by atoms with Crippen molar-refractivity contribution in [2.75, 3.05) is 19.3 Å². The second-order valence-corrected chi connectivity index (χ2v) is 9.10. The van der Waals surface area contributed by atoms with E-state index < -0.39 is 15.6 Å². The van der Waals surface area contributed by atoms with Crippen molar-refractivity contribution in [1.29, 1.82) is 0 Å². The van der Waals surface area contributed by atoms with E-state index in [0.29, 0.717) is 6.54 Å². The minimum Gasteiger partial charge on any atom is -0.389 e. The topological polar surface area (TPSA) is 86.7 Å². The average molecular weight is 316 g/mol. The number of carbonyl (C=O) groups is 1. The molecule has 0 aromatic carbocycles. The van der Waals surface area contributed by atoms with E-state index >= 15 is 0 Å². The first kappa shape index (κ1) is 15.2. The van der Waals surface area contributed by atoms with E-state index in [0.717, 1.165) is 45.1 Å². The largest absolute Gasteiger partial charge is 0.389 e. The molecule has 0 unspecified atom stereocenters. The first-order valence-corrected chi connectivity index (χ1v) is 9.55. The van der Waals surface area contributed by atoms with Crippen molar-refractivity contribution < 1.29 is 18.3 Å². The molecule has 2 aliphatic carbocycles. The summed E-state index contributed by atoms with van der Waals surface area (Å²) in [5, 5.41) is 10.1. The Kier molecular flexibility index (Phi) is 3.58. The van der Waals surface area contributed by atoms with Crippen molar-refractivity contribution in [3.8, 4) is 0 Å². The van der Waals surface area contributed by atoms with Crippen molar-refractivity contribution in [3.05, 3.63) is 0 Å². The van der Waals surface area contributed by atoms with Gasteiger partial charge in [-0.3, -0.25) is 4.79 Å². The van der Waals surface area contributed by atoms with Crippen LogP contribution in [0.5, 0.6) is 0 Å². The van der Waals surface area contributed by atoms with Crippen LogP contribution in [0.1, 0.15) is 44.9 Å². The number of amides is 1. The Balaban J connectivity index is 1.49. The Bertz CT molecular complexity index is 535. The van der Waals surface area contributed by atoms with Gasteiger partial charge in [0.15, 0.2) is 0 Å². The zero-order valence-electron chi connectivity index (χ0n) is 12.5. The SMILES string of the molecule is CS(=O)(=O)NC1CC2(CCN(C(=O)CC3(O)CCC3)C2)C1. The van der Waals surface area contributed by atoms with Gasteiger partial charge in [0, 0.05) is 19.1 Å². The van der Waals surface area contributed by atoms with Crippen LogP contribution < -0.4 is 4.72 Å². The van der Waals surface area contributed by atoms with Gasteiger partial charge in [0.05, 0.1) is 18.3 Å². The Morgan fingerprint density at radius 3 is 2.52 bits per heavy atom. The molecule has 1 aliphatic heterocycles. The van der Waals surface area contributed by atoms with Crippen LogP contribution in [0.3, 0.4) is 0 Å². The van der Waals surface area contributed by atoms with Crippen molar-refractivity contribution in [2.24, 2.45) is 5.41 Å². The number of aliphatic hydroxyl groups is 1. The van der Waals surface area contributed by atoms with Crippen molar-refractivity contribution in [3.63, 3.8) is 0 Å². The van der Waals surface area contributed by atoms with E-state index in [1.807, 2.05) is 4.90 Å². The molecule has 1 spiro atoms. The van der Waals surface area contributed by atoms with E-state index in [1.165, 1.54) is 6.26 Å². The maximum atomic E-state index is 12.2. The van der Waals surface area contributed by atoms with Gasteiger partial charge in [0.1, 0.15) is 0 Å². The molecule has 0 radical (unpaired) electrons. The van der Waals surface area contributed by atoms with Gasteiger partial charge >= 0.3 is 0 Å². The standard InChI is InChI=1S/C14H24N2O4S/c1-21(19,20)15-11-7-13(8-11)5-6-16(10-13)12(17)9-14(18)3-2-4-14/h11,15,18H,2-10H2,1H3. The van der Waals surface area contributed by atoms with E-state index in [1.54, 1.807) is 0 Å². The zero-order chi connectivity index (χ0) is 15.3. The van der Waals surface area contributed by atoms with Crippen LogP contribution in [0.2, 0.25) is 0 Å². The second-order valence-electron chi connectivity index (χ2n) is 7.32. The molecule has 0 atom stereocenters. The molecule has 3 fully saturated rings. The monoisotopic (exact) mass is 316 g/mol. The number of hydrogen-bond donors (Lipinski definition) is 2. The molecule has 1 saturated heterocycles. The molecule has 7 heteroatoms. The molecule has 2 saturated carbocycles. The van der Waals surface area contributed by atoms with Crippen LogP contribution in [0.25, 0.3) is 0 Å². The van der Waals surface area contributed by atoms with Crippen LogP contribution in [0.15, 0.2) is 0 Å². The lowest BCUT2D eigenvalue weighted by Gasteiger charge is -2.45. The van der Waals surface area contributed by atoms with E-state index in [4.69, 9.17) is 0 Å². The third-order valence-corrected chi connectivity index (χ3v) is 6.06. The van der Waals surface area contributed by atoms with Crippen LogP contribution in [0.4, 0.5) is 0 Å². The molecule has 6 nitrogen and oxygen atoms in total. The Morgan fingerprint density at radius 1 is 1.33 bits per heavy atom. The summed E-state index contributed by atoms with van der Waals surface area (Å²) in [4.78, 5) is 14.1. The van der Waals surface area contributed by atoms with Gasteiger partial charge in [-0.15, -0.1) is 0 Å². The zero-order valence-corrected chi connectivity index (χ0v) is 13.3. The smallest absolute Gasteiger partial charge is 0.225 e. The van der Waals surface area contributed by atoms with E-state index in [9.17, 15) is 18.3 Å². The van der Waals surface area contributed by atoms with E-state index in [2.05, 4.69) is 4.72 Å². The third-order valence-electron chi connectivity index (χ3n) is 5.30. The average Bonchev–Trinajstić information content (AvgIpc) is 2.69. The highest BCUT2D eigenvalue weighted by Gasteiger charge is 2.50. The number of hydrogen-bond acceptors (Lipinski definition) is 4. The molecular weight excluding hydrogens is 292 g/mol. The predicted molar refractivity (Wildman–Crippen MR) is 78.0 cm³/mol. The van der Waals surface area contributed by atoms with Crippen LogP contribution in [0, 0.1) is 5.41 Å². The first-order chi connectivity index (χ1) is 9.69. The number of nitrogens with zero attached hydrogens (tertiary/aromatic N) is 1. The maximum absolute atomic E-state index is 12.2. The summed E-state index contributed by atoms with van der Waals surface area (Å²) in [6.07, 6.45) is 6.47. The molecule has 0 bridgehead atoms. The number of nitrogens with one attached hydrogen (secondary N) is 1. The predicted octanol–water partition coefficient (Wildman–Crippen LogP) is 0.222. The molecular formula is C14H24N2O4S. The lowest BCUT2D eigenvalue weighted by atomic mass is 9.65. The summed E-state index contributed by atoms with van der Waals surface area (Å²) < 4.78 is 25.0. The number of carbonyl (C=O) groups excluding carboxylic acids is 1. The fraction of sp³-hybridized carbons (Fsp3) is 0.929. The minimum absolute atomic E-state index is 0.0193. The van der Waals surface area contributed by atoms with Gasteiger partial charge in [-0.1, -0.05) is 0 Å². The summed E-state index contributed by atoms with van der Waals surface area (Å²) in [7, 11) is -3.14. The van der Waals surface area contributed by atoms with Crippen molar-refractivity contribution in [1.82, 2.24) is 9.62 Å². The molecule has 3 rings (SSSR count). The summed E-state index contributed by atoms with van der Waals surface area (Å²) in [6, 6.07) is 0.0193. The van der Waals surface area contributed by atoms with Gasteiger partial charge in [0.2, 0.25) is 15.9 Å². The van der Waals surface area contributed by atoms with Gasteiger partial charge in [-0.05, 0) is 43.9 Å². The normalized spacial score (nSPS) is 34.6. The van der Waals surface area contributed by atoms with Crippen molar-refractivity contribution in [2.45, 2.75) is 56.6 Å². The number of likely N-dealkylation sites (tertiary alicyclic amines) is 1. The number of rotatable bonds is 4. The summed E-state index contributed by atoms with van der Waals surface area (Å²) in [5.41, 5.74) is -0.660. The molecule has 0 aromatic rings. The molecule has 120 valence electrons. The summed E-state index contributed by atoms with van der Waals surface area (Å²) in [6.45, 7) is 1.45. The van der Waals surface area contributed by atoms with Crippen LogP contribution in [-0.4, -0.2) is 55.3 Å². The Morgan fingerprint density at radius 2 is 2.00 bits per heavy atom. The lowest BCUT2D eigenvalue weighted by Crippen LogP contribution is -2.52. The summed E-state index contributed by atoms with van der Waals surface area (Å²) in [5.74, 6) is 0.0496. The Hall–Kier alpha value is -0.660. The fourth-order valence-electron chi connectivity index (χ4n) is 4.01. The first-order valence-electron chi connectivity index (χ1n) is 7.66. The minimum atomic E-state index is -3.14. The quantitative estimate of drug-likeness (QED) is 0.777. The van der Waals surface area contributed by atoms with Crippen LogP contribution >= 0.6 is 0 Å². The highest BCUT2D eigenvalue weighted by atomic mass is 32.2. The maximum Gasteiger partial charge on any atom is 0.225 e. The van der Waals surface area contributed by atoms with E-state index in [-0.39, 0.29) is 23.8 Å². The molecule has 1 heterocycles. The second kappa shape index (κ2) is 4.93. The fourth-order valence-corrected chi connectivity index (χ4v) is 4.78. The van der Waals surface area contributed by atoms with Crippen LogP contribution in [-0.2, 0) is 14.8 Å². The number of sulfonamides is 1. The van der Waals surface area contributed by atoms with Gasteiger partial charge in [0.25, 0.3) is 0 Å². The molecule has 2 N–H and O–H groups in total. The molecule has 1 amide bonds. The van der Waals surface area contributed by atoms with Crippen molar-refractivity contribution >= 4 is 15.9 Å². The highest BCUT2D eigenvalue weighted by Crippen LogP contribution is 2.48. The Labute approximate surface area is 125 Å². The van der Waals surface area contributed by atoms with Gasteiger partial charge in [-0.25, -0.2) is 13.1 Å². The summed E-state index contributed by atoms with van der Waals surface area (Å²) >= 11 is 0. The lowest BCUT2D eigenvalue weighted by molar-refractivity contribution is -0.140. The third kappa shape index (κ3) is 3.24. The highest BCUT2D eigenvalue weighted by molar-refractivity contribution is 7.88. The molecule has 3 aliphatic rings.